The molecule has 3 fully saturated rings. The summed E-state index contributed by atoms with van der Waals surface area (Å²) in [5.41, 5.74) is 1.67. The van der Waals surface area contributed by atoms with Crippen LogP contribution in [0.4, 0.5) is 4.79 Å². The van der Waals surface area contributed by atoms with Gasteiger partial charge in [0.15, 0.2) is 0 Å². The van der Waals surface area contributed by atoms with Crippen molar-refractivity contribution in [1.82, 2.24) is 15.5 Å². The molecule has 2 N–H and O–H groups in total. The van der Waals surface area contributed by atoms with Crippen LogP contribution in [0.1, 0.15) is 44.1 Å². The lowest BCUT2D eigenvalue weighted by molar-refractivity contribution is 0.190. The number of nitrogens with zero attached hydrogens (tertiary/aromatic N) is 1. The fourth-order valence-electron chi connectivity index (χ4n) is 5.09. The van der Waals surface area contributed by atoms with E-state index in [1.54, 1.807) is 0 Å². The molecule has 1 aromatic carbocycles. The van der Waals surface area contributed by atoms with Gasteiger partial charge in [0, 0.05) is 37.6 Å². The number of hydrogen-bond acceptors (Lipinski definition) is 2. The van der Waals surface area contributed by atoms with Crippen LogP contribution in [-0.2, 0) is 6.42 Å². The van der Waals surface area contributed by atoms with Crippen molar-refractivity contribution in [3.05, 3.63) is 35.9 Å². The smallest absolute Gasteiger partial charge is 0.317 e. The lowest BCUT2D eigenvalue weighted by atomic mass is 9.76. The summed E-state index contributed by atoms with van der Waals surface area (Å²) in [5, 5.41) is 6.89. The molecule has 0 spiro atoms. The van der Waals surface area contributed by atoms with Crippen LogP contribution in [0, 0.1) is 11.3 Å². The summed E-state index contributed by atoms with van der Waals surface area (Å²) < 4.78 is 0. The number of likely N-dealkylation sites (tertiary alicyclic amines) is 1. The van der Waals surface area contributed by atoms with Crippen LogP contribution in [0.5, 0.6) is 0 Å². The van der Waals surface area contributed by atoms with Crippen molar-refractivity contribution >= 4 is 6.03 Å². The van der Waals surface area contributed by atoms with Crippen molar-refractivity contribution < 1.29 is 4.79 Å². The summed E-state index contributed by atoms with van der Waals surface area (Å²) in [6, 6.07) is 11.3. The van der Waals surface area contributed by atoms with Gasteiger partial charge in [0.05, 0.1) is 0 Å². The number of benzene rings is 1. The van der Waals surface area contributed by atoms with Crippen LogP contribution in [0.15, 0.2) is 30.3 Å². The first-order valence-corrected chi connectivity index (χ1v) is 10.1. The molecular formula is C21H31N3O. The molecule has 0 aromatic heterocycles. The molecule has 2 aliphatic heterocycles. The Hall–Kier alpha value is -1.55. The number of rotatable bonds is 4. The summed E-state index contributed by atoms with van der Waals surface area (Å²) in [5.74, 6) is 0.605. The molecule has 2 atom stereocenters. The Morgan fingerprint density at radius 3 is 2.80 bits per heavy atom. The summed E-state index contributed by atoms with van der Waals surface area (Å²) in [7, 11) is 0. The highest BCUT2D eigenvalue weighted by molar-refractivity contribution is 5.75. The minimum Gasteiger partial charge on any atom is -0.335 e. The Labute approximate surface area is 151 Å². The van der Waals surface area contributed by atoms with Crippen molar-refractivity contribution in [2.45, 2.75) is 51.0 Å². The second-order valence-electron chi connectivity index (χ2n) is 8.34. The molecule has 25 heavy (non-hydrogen) atoms. The Morgan fingerprint density at radius 1 is 1.20 bits per heavy atom. The van der Waals surface area contributed by atoms with E-state index in [0.29, 0.717) is 12.0 Å². The van der Waals surface area contributed by atoms with Crippen molar-refractivity contribution in [3.8, 4) is 0 Å². The highest BCUT2D eigenvalue weighted by Gasteiger charge is 2.50. The van der Waals surface area contributed by atoms with E-state index < -0.39 is 0 Å². The van der Waals surface area contributed by atoms with Crippen molar-refractivity contribution in [3.63, 3.8) is 0 Å². The molecule has 2 saturated heterocycles. The van der Waals surface area contributed by atoms with Crippen LogP contribution in [0.3, 0.4) is 0 Å². The number of amides is 2. The fourth-order valence-corrected chi connectivity index (χ4v) is 5.09. The zero-order chi connectivity index (χ0) is 17.1. The van der Waals surface area contributed by atoms with Crippen molar-refractivity contribution in [1.29, 1.82) is 0 Å². The fraction of sp³-hybridized carbons (Fsp3) is 0.667. The molecule has 2 unspecified atom stereocenters. The maximum Gasteiger partial charge on any atom is 0.317 e. The number of nitrogens with one attached hydrogen (secondary N) is 2. The van der Waals surface area contributed by atoms with Crippen molar-refractivity contribution in [2.75, 3.05) is 26.2 Å². The minimum atomic E-state index is 0.181. The van der Waals surface area contributed by atoms with Gasteiger partial charge in [-0.2, -0.15) is 0 Å². The van der Waals surface area contributed by atoms with Crippen LogP contribution in [0.25, 0.3) is 0 Å². The molecule has 4 nitrogen and oxygen atoms in total. The second-order valence-corrected chi connectivity index (χ2v) is 8.34. The first-order valence-electron chi connectivity index (χ1n) is 10.1. The third-order valence-electron chi connectivity index (χ3n) is 6.65. The van der Waals surface area contributed by atoms with Gasteiger partial charge in [0.25, 0.3) is 0 Å². The molecule has 136 valence electrons. The Morgan fingerprint density at radius 2 is 2.00 bits per heavy atom. The predicted octanol–water partition coefficient (Wildman–Crippen LogP) is 3.18. The van der Waals surface area contributed by atoms with E-state index in [0.717, 1.165) is 45.4 Å². The van der Waals surface area contributed by atoms with Gasteiger partial charge in [-0.25, -0.2) is 4.79 Å². The monoisotopic (exact) mass is 341 g/mol. The Kier molecular flexibility index (Phi) is 4.98. The second kappa shape index (κ2) is 7.36. The number of aryl methyl sites for hydroxylation is 1. The first-order chi connectivity index (χ1) is 12.3. The zero-order valence-electron chi connectivity index (χ0n) is 15.2. The van der Waals surface area contributed by atoms with Gasteiger partial charge >= 0.3 is 6.03 Å². The molecule has 2 amide bonds. The van der Waals surface area contributed by atoms with E-state index in [2.05, 4.69) is 45.9 Å². The SMILES string of the molecule is O=C(NC1CCCCC1)N1CC2CNCC2(CCc2ccccc2)C1. The maximum atomic E-state index is 12.8. The van der Waals surface area contributed by atoms with Crippen LogP contribution in [0.2, 0.25) is 0 Å². The highest BCUT2D eigenvalue weighted by atomic mass is 16.2. The van der Waals surface area contributed by atoms with Gasteiger partial charge in [0.2, 0.25) is 0 Å². The lowest BCUT2D eigenvalue weighted by Gasteiger charge is -2.29. The van der Waals surface area contributed by atoms with Gasteiger partial charge < -0.3 is 15.5 Å². The number of carbonyl (C=O) groups is 1. The van der Waals surface area contributed by atoms with Crippen LogP contribution >= 0.6 is 0 Å². The molecule has 0 bridgehead atoms. The quantitative estimate of drug-likeness (QED) is 0.883. The van der Waals surface area contributed by atoms with E-state index in [9.17, 15) is 4.79 Å². The minimum absolute atomic E-state index is 0.181. The molecule has 0 radical (unpaired) electrons. The Balaban J connectivity index is 1.36. The molecular weight excluding hydrogens is 310 g/mol. The van der Waals surface area contributed by atoms with E-state index >= 15 is 0 Å². The molecule has 1 aromatic rings. The van der Waals surface area contributed by atoms with Gasteiger partial charge in [-0.1, -0.05) is 49.6 Å². The summed E-state index contributed by atoms with van der Waals surface area (Å²) in [6.45, 7) is 3.94. The summed E-state index contributed by atoms with van der Waals surface area (Å²) in [4.78, 5) is 14.9. The largest absolute Gasteiger partial charge is 0.335 e. The average molecular weight is 341 g/mol. The number of carbonyl (C=O) groups excluding carboxylic acids is 1. The molecule has 4 rings (SSSR count). The van der Waals surface area contributed by atoms with Crippen molar-refractivity contribution in [2.24, 2.45) is 11.3 Å². The normalized spacial score (nSPS) is 29.6. The third kappa shape index (κ3) is 3.69. The summed E-state index contributed by atoms with van der Waals surface area (Å²) >= 11 is 0. The van der Waals surface area contributed by atoms with Crippen LogP contribution < -0.4 is 10.6 Å². The third-order valence-corrected chi connectivity index (χ3v) is 6.65. The zero-order valence-corrected chi connectivity index (χ0v) is 15.2. The summed E-state index contributed by atoms with van der Waals surface area (Å²) in [6.07, 6.45) is 8.44. The molecule has 4 heteroatoms. The number of hydrogen-bond donors (Lipinski definition) is 2. The van der Waals surface area contributed by atoms with E-state index in [-0.39, 0.29) is 11.4 Å². The standard InChI is InChI=1S/C21H31N3O/c25-20(23-19-9-5-2-6-10-19)24-14-18-13-22-15-21(18,16-24)12-11-17-7-3-1-4-8-17/h1,3-4,7-8,18-19,22H,2,5-6,9-16H2,(H,23,25). The average Bonchev–Trinajstić information content (AvgIpc) is 3.19. The molecule has 1 saturated carbocycles. The van der Waals surface area contributed by atoms with Gasteiger partial charge in [-0.3, -0.25) is 0 Å². The topological polar surface area (TPSA) is 44.4 Å². The van der Waals surface area contributed by atoms with Crippen LogP contribution in [-0.4, -0.2) is 43.2 Å². The van der Waals surface area contributed by atoms with E-state index in [4.69, 9.17) is 0 Å². The molecule has 2 heterocycles. The predicted molar refractivity (Wildman–Crippen MR) is 101 cm³/mol. The first kappa shape index (κ1) is 16.9. The number of fused-ring (bicyclic) bond motifs is 1. The van der Waals surface area contributed by atoms with Gasteiger partial charge in [-0.15, -0.1) is 0 Å². The van der Waals surface area contributed by atoms with E-state index in [1.807, 2.05) is 0 Å². The van der Waals surface area contributed by atoms with E-state index in [1.165, 1.54) is 31.2 Å². The highest BCUT2D eigenvalue weighted by Crippen LogP contribution is 2.42. The maximum absolute atomic E-state index is 12.8. The van der Waals surface area contributed by atoms with Gasteiger partial charge in [0.1, 0.15) is 0 Å². The Bertz CT molecular complexity index is 584. The molecule has 1 aliphatic carbocycles. The number of urea groups is 1. The molecule has 3 aliphatic rings. The van der Waals surface area contributed by atoms with Gasteiger partial charge in [-0.05, 0) is 37.2 Å². The lowest BCUT2D eigenvalue weighted by Crippen LogP contribution is -2.46.